The third-order valence-electron chi connectivity index (χ3n) is 4.51. The number of likely N-dealkylation sites (N-methyl/N-ethyl adjacent to an activating group) is 1. The van der Waals surface area contributed by atoms with E-state index in [1.54, 1.807) is 0 Å². The van der Waals surface area contributed by atoms with Gasteiger partial charge in [0.2, 0.25) is 0 Å². The third kappa shape index (κ3) is 4.30. The highest BCUT2D eigenvalue weighted by molar-refractivity contribution is 5.99. The Balaban J connectivity index is 1.92. The predicted octanol–water partition coefficient (Wildman–Crippen LogP) is 1.06. The van der Waals surface area contributed by atoms with E-state index < -0.39 is 0 Å². The van der Waals surface area contributed by atoms with Crippen molar-refractivity contribution in [3.63, 3.8) is 0 Å². The van der Waals surface area contributed by atoms with Crippen molar-refractivity contribution >= 4 is 16.8 Å². The zero-order chi connectivity index (χ0) is 18.5. The van der Waals surface area contributed by atoms with Gasteiger partial charge in [-0.15, -0.1) is 0 Å². The average molecular weight is 358 g/mol. The van der Waals surface area contributed by atoms with Crippen molar-refractivity contribution < 1.29 is 14.6 Å². The molecule has 0 atom stereocenters. The van der Waals surface area contributed by atoms with Crippen LogP contribution < -0.4 is 5.32 Å². The maximum atomic E-state index is 12.7. The maximum Gasteiger partial charge on any atom is 0.270 e. The molecule has 1 aromatic heterocycles. The summed E-state index contributed by atoms with van der Waals surface area (Å²) in [5.41, 5.74) is 1.49. The SMILES string of the molecule is CN(C)CCNC(=O)c1nc2ccccc2c(O)c1CN1CCOCC1. The highest BCUT2D eigenvalue weighted by Gasteiger charge is 2.22. The van der Waals surface area contributed by atoms with E-state index in [9.17, 15) is 9.90 Å². The van der Waals surface area contributed by atoms with Gasteiger partial charge >= 0.3 is 0 Å². The molecule has 7 nitrogen and oxygen atoms in total. The number of hydrogen-bond acceptors (Lipinski definition) is 6. The van der Waals surface area contributed by atoms with Crippen molar-refractivity contribution in [1.82, 2.24) is 20.1 Å². The fourth-order valence-electron chi connectivity index (χ4n) is 3.03. The smallest absolute Gasteiger partial charge is 0.270 e. The number of fused-ring (bicyclic) bond motifs is 1. The summed E-state index contributed by atoms with van der Waals surface area (Å²) in [5, 5.41) is 14.4. The number of rotatable bonds is 6. The number of morpholine rings is 1. The standard InChI is InChI=1S/C19H26N4O3/c1-22(2)8-7-20-19(25)17-15(13-23-9-11-26-12-10-23)18(24)14-5-3-4-6-16(14)21-17/h3-6H,7-13H2,1-2H3,(H,20,25)(H,21,24). The van der Waals surface area contributed by atoms with Gasteiger partial charge in [-0.3, -0.25) is 9.69 Å². The van der Waals surface area contributed by atoms with Gasteiger partial charge in [-0.2, -0.15) is 0 Å². The lowest BCUT2D eigenvalue weighted by atomic mass is 10.1. The normalized spacial score (nSPS) is 15.5. The number of para-hydroxylation sites is 1. The summed E-state index contributed by atoms with van der Waals surface area (Å²) in [4.78, 5) is 21.5. The number of nitrogens with one attached hydrogen (secondary N) is 1. The molecular formula is C19H26N4O3. The van der Waals surface area contributed by atoms with Crippen LogP contribution in [0.15, 0.2) is 24.3 Å². The number of carbonyl (C=O) groups excluding carboxylic acids is 1. The highest BCUT2D eigenvalue weighted by atomic mass is 16.5. The van der Waals surface area contributed by atoms with Crippen LogP contribution in [0.4, 0.5) is 0 Å². The van der Waals surface area contributed by atoms with Gasteiger partial charge in [0.1, 0.15) is 11.4 Å². The van der Waals surface area contributed by atoms with Gasteiger partial charge in [-0.25, -0.2) is 4.98 Å². The molecule has 1 aliphatic rings. The minimum atomic E-state index is -0.254. The Morgan fingerprint density at radius 3 is 2.77 bits per heavy atom. The van der Waals surface area contributed by atoms with Crippen LogP contribution in [0.3, 0.4) is 0 Å². The molecule has 26 heavy (non-hydrogen) atoms. The molecule has 0 saturated carbocycles. The van der Waals surface area contributed by atoms with Crippen LogP contribution in [-0.2, 0) is 11.3 Å². The van der Waals surface area contributed by atoms with Gasteiger partial charge in [-0.1, -0.05) is 12.1 Å². The molecule has 1 aromatic carbocycles. The Morgan fingerprint density at radius 2 is 2.04 bits per heavy atom. The zero-order valence-electron chi connectivity index (χ0n) is 15.4. The Hall–Kier alpha value is -2.22. The molecule has 2 aromatic rings. The minimum Gasteiger partial charge on any atom is -0.507 e. The van der Waals surface area contributed by atoms with E-state index in [0.29, 0.717) is 48.5 Å². The minimum absolute atomic E-state index is 0.139. The number of hydrogen-bond donors (Lipinski definition) is 2. The second kappa shape index (κ2) is 8.44. The maximum absolute atomic E-state index is 12.7. The molecule has 0 radical (unpaired) electrons. The quantitative estimate of drug-likeness (QED) is 0.804. The lowest BCUT2D eigenvalue weighted by Gasteiger charge is -2.27. The van der Waals surface area contributed by atoms with Crippen LogP contribution in [-0.4, -0.2) is 79.3 Å². The van der Waals surface area contributed by atoms with Gasteiger partial charge in [0.05, 0.1) is 18.7 Å². The van der Waals surface area contributed by atoms with E-state index in [1.165, 1.54) is 0 Å². The summed E-state index contributed by atoms with van der Waals surface area (Å²) in [6.45, 7) is 4.60. The summed E-state index contributed by atoms with van der Waals surface area (Å²) in [6.07, 6.45) is 0. The lowest BCUT2D eigenvalue weighted by molar-refractivity contribution is 0.0337. The predicted molar refractivity (Wildman–Crippen MR) is 100 cm³/mol. The van der Waals surface area contributed by atoms with E-state index in [0.717, 1.165) is 19.6 Å². The van der Waals surface area contributed by atoms with Crippen molar-refractivity contribution in [3.05, 3.63) is 35.5 Å². The number of nitrogens with zero attached hydrogens (tertiary/aromatic N) is 3. The number of aromatic hydroxyl groups is 1. The molecule has 0 bridgehead atoms. The Morgan fingerprint density at radius 1 is 1.31 bits per heavy atom. The van der Waals surface area contributed by atoms with E-state index in [4.69, 9.17) is 4.74 Å². The first-order valence-corrected chi connectivity index (χ1v) is 8.90. The number of benzene rings is 1. The first-order valence-electron chi connectivity index (χ1n) is 8.90. The van der Waals surface area contributed by atoms with Crippen molar-refractivity contribution in [2.24, 2.45) is 0 Å². The number of ether oxygens (including phenoxy) is 1. The van der Waals surface area contributed by atoms with E-state index in [1.807, 2.05) is 43.3 Å². The Labute approximate surface area is 153 Å². The largest absolute Gasteiger partial charge is 0.507 e. The van der Waals surface area contributed by atoms with Crippen molar-refractivity contribution in [3.8, 4) is 5.75 Å². The van der Waals surface area contributed by atoms with Crippen molar-refractivity contribution in [2.75, 3.05) is 53.5 Å². The number of aromatic nitrogens is 1. The molecule has 1 aliphatic heterocycles. The van der Waals surface area contributed by atoms with Crippen molar-refractivity contribution in [1.29, 1.82) is 0 Å². The van der Waals surface area contributed by atoms with Gasteiger partial charge in [-0.05, 0) is 26.2 Å². The summed E-state index contributed by atoms with van der Waals surface area (Å²) in [7, 11) is 3.91. The first-order chi connectivity index (χ1) is 12.6. The fourth-order valence-corrected chi connectivity index (χ4v) is 3.03. The Bertz CT molecular complexity index is 773. The second-order valence-corrected chi connectivity index (χ2v) is 6.75. The highest BCUT2D eigenvalue weighted by Crippen LogP contribution is 2.31. The van der Waals surface area contributed by atoms with Gasteiger partial charge in [0.15, 0.2) is 0 Å². The molecule has 0 unspecified atom stereocenters. The Kier molecular flexibility index (Phi) is 6.03. The summed E-state index contributed by atoms with van der Waals surface area (Å²) in [5.74, 6) is -0.115. The molecule has 1 saturated heterocycles. The van der Waals surface area contributed by atoms with Gasteiger partial charge in [0, 0.05) is 43.7 Å². The molecule has 0 spiro atoms. The second-order valence-electron chi connectivity index (χ2n) is 6.75. The van der Waals surface area contributed by atoms with Gasteiger partial charge < -0.3 is 20.1 Å². The molecule has 7 heteroatoms. The molecule has 1 amide bonds. The van der Waals surface area contributed by atoms with Gasteiger partial charge in [0.25, 0.3) is 5.91 Å². The summed E-state index contributed by atoms with van der Waals surface area (Å²) >= 11 is 0. The van der Waals surface area contributed by atoms with Crippen LogP contribution >= 0.6 is 0 Å². The number of amides is 1. The topological polar surface area (TPSA) is 77.9 Å². The molecule has 0 aliphatic carbocycles. The summed E-state index contributed by atoms with van der Waals surface area (Å²) in [6, 6.07) is 7.35. The van der Waals surface area contributed by atoms with E-state index >= 15 is 0 Å². The monoisotopic (exact) mass is 358 g/mol. The molecule has 2 N–H and O–H groups in total. The van der Waals surface area contributed by atoms with Crippen LogP contribution in [0.5, 0.6) is 5.75 Å². The first kappa shape index (κ1) is 18.6. The van der Waals surface area contributed by atoms with Crippen LogP contribution in [0.25, 0.3) is 10.9 Å². The third-order valence-corrected chi connectivity index (χ3v) is 4.51. The number of pyridine rings is 1. The fraction of sp³-hybridized carbons (Fsp3) is 0.474. The summed E-state index contributed by atoms with van der Waals surface area (Å²) < 4.78 is 5.39. The number of carbonyl (C=O) groups is 1. The van der Waals surface area contributed by atoms with Crippen molar-refractivity contribution in [2.45, 2.75) is 6.54 Å². The molecule has 140 valence electrons. The lowest BCUT2D eigenvalue weighted by Crippen LogP contribution is -2.37. The van der Waals surface area contributed by atoms with Crippen LogP contribution in [0.2, 0.25) is 0 Å². The molecular weight excluding hydrogens is 332 g/mol. The molecule has 2 heterocycles. The average Bonchev–Trinajstić information content (AvgIpc) is 2.64. The van der Waals surface area contributed by atoms with Crippen LogP contribution in [0, 0.1) is 0 Å². The zero-order valence-corrected chi connectivity index (χ0v) is 15.4. The van der Waals surface area contributed by atoms with E-state index in [2.05, 4.69) is 15.2 Å². The van der Waals surface area contributed by atoms with E-state index in [-0.39, 0.29) is 11.7 Å². The molecule has 3 rings (SSSR count). The van der Waals surface area contributed by atoms with Crippen LogP contribution in [0.1, 0.15) is 16.1 Å². The molecule has 1 fully saturated rings.